The highest BCUT2D eigenvalue weighted by Crippen LogP contribution is 2.37. The van der Waals surface area contributed by atoms with Crippen LogP contribution < -0.4 is 10.5 Å². The topological polar surface area (TPSA) is 72.6 Å². The monoisotopic (exact) mass is 265 g/mol. The third-order valence-electron chi connectivity index (χ3n) is 3.20. The number of nitrogens with two attached hydrogens (primary N) is 1. The van der Waals surface area contributed by atoms with E-state index in [1.807, 2.05) is 13.0 Å². The Balaban J connectivity index is 3.57. The second kappa shape index (κ2) is 5.61. The number of hydrogen-bond acceptors (Lipinski definition) is 3. The van der Waals surface area contributed by atoms with Gasteiger partial charge in [0.15, 0.2) is 0 Å². The maximum absolute atomic E-state index is 11.1. The number of carboxylic acid groups (broad SMARTS) is 1. The highest BCUT2D eigenvalue weighted by atomic mass is 16.5. The van der Waals surface area contributed by atoms with Crippen molar-refractivity contribution in [3.63, 3.8) is 0 Å². The standard InChI is InChI=1S/C15H23NO3/c1-6-9-7-10(12(16)14(17)18)13(19-5)11(8-9)15(2,3)4/h7-8,12H,6,16H2,1-5H3,(H,17,18). The molecule has 1 unspecified atom stereocenters. The molecule has 106 valence electrons. The molecule has 0 spiro atoms. The molecular formula is C15H23NO3. The summed E-state index contributed by atoms with van der Waals surface area (Å²) >= 11 is 0. The van der Waals surface area contributed by atoms with E-state index < -0.39 is 12.0 Å². The average Bonchev–Trinajstić information content (AvgIpc) is 2.34. The number of aryl methyl sites for hydroxylation is 1. The first-order chi connectivity index (χ1) is 8.72. The fourth-order valence-electron chi connectivity index (χ4n) is 2.07. The molecule has 1 aromatic rings. The first kappa shape index (κ1) is 15.5. The highest BCUT2D eigenvalue weighted by Gasteiger charge is 2.26. The second-order valence-corrected chi connectivity index (χ2v) is 5.69. The average molecular weight is 265 g/mol. The van der Waals surface area contributed by atoms with Gasteiger partial charge < -0.3 is 15.6 Å². The zero-order valence-electron chi connectivity index (χ0n) is 12.3. The summed E-state index contributed by atoms with van der Waals surface area (Å²) in [5, 5.41) is 9.13. The Bertz CT molecular complexity index is 475. The molecule has 0 amide bonds. The van der Waals surface area contributed by atoms with Crippen LogP contribution in [0.1, 0.15) is 50.4 Å². The molecule has 0 aliphatic heterocycles. The molecule has 0 heterocycles. The smallest absolute Gasteiger partial charge is 0.325 e. The van der Waals surface area contributed by atoms with Crippen LogP contribution in [0.15, 0.2) is 12.1 Å². The molecule has 1 rings (SSSR count). The van der Waals surface area contributed by atoms with Gasteiger partial charge in [0.2, 0.25) is 0 Å². The van der Waals surface area contributed by atoms with E-state index in [1.165, 1.54) is 0 Å². The molecule has 1 aromatic carbocycles. The summed E-state index contributed by atoms with van der Waals surface area (Å²) in [5.41, 5.74) is 8.23. The molecule has 0 saturated carbocycles. The van der Waals surface area contributed by atoms with Gasteiger partial charge >= 0.3 is 5.97 Å². The predicted octanol–water partition coefficient (Wildman–Crippen LogP) is 2.64. The van der Waals surface area contributed by atoms with Gasteiger partial charge in [-0.3, -0.25) is 4.79 Å². The summed E-state index contributed by atoms with van der Waals surface area (Å²) in [6, 6.07) is 2.83. The minimum absolute atomic E-state index is 0.135. The molecule has 0 fully saturated rings. The lowest BCUT2D eigenvalue weighted by atomic mass is 9.82. The fraction of sp³-hybridized carbons (Fsp3) is 0.533. The van der Waals surface area contributed by atoms with Gasteiger partial charge in [-0.15, -0.1) is 0 Å². The summed E-state index contributed by atoms with van der Waals surface area (Å²) in [4.78, 5) is 11.1. The van der Waals surface area contributed by atoms with Crippen molar-refractivity contribution in [3.8, 4) is 5.75 Å². The molecule has 0 aliphatic carbocycles. The van der Waals surface area contributed by atoms with Crippen LogP contribution in [0.4, 0.5) is 0 Å². The van der Waals surface area contributed by atoms with Crippen molar-refractivity contribution in [3.05, 3.63) is 28.8 Å². The van der Waals surface area contributed by atoms with Gasteiger partial charge in [0.25, 0.3) is 0 Å². The fourth-order valence-corrected chi connectivity index (χ4v) is 2.07. The molecule has 0 aromatic heterocycles. The molecule has 0 aliphatic rings. The first-order valence-electron chi connectivity index (χ1n) is 6.42. The van der Waals surface area contributed by atoms with Crippen LogP contribution in [0.5, 0.6) is 5.75 Å². The van der Waals surface area contributed by atoms with Crippen LogP contribution in [-0.2, 0) is 16.6 Å². The summed E-state index contributed by atoms with van der Waals surface area (Å²) < 4.78 is 5.43. The lowest BCUT2D eigenvalue weighted by Crippen LogP contribution is -2.23. The lowest BCUT2D eigenvalue weighted by Gasteiger charge is -2.26. The molecule has 0 bridgehead atoms. The zero-order valence-corrected chi connectivity index (χ0v) is 12.3. The van der Waals surface area contributed by atoms with E-state index in [0.717, 1.165) is 17.5 Å². The van der Waals surface area contributed by atoms with Crippen molar-refractivity contribution in [2.45, 2.75) is 45.6 Å². The van der Waals surface area contributed by atoms with Gasteiger partial charge in [-0.05, 0) is 23.5 Å². The SMILES string of the molecule is CCc1cc(C(N)C(=O)O)c(OC)c(C(C)(C)C)c1. The summed E-state index contributed by atoms with van der Waals surface area (Å²) in [5.74, 6) is -0.467. The number of benzene rings is 1. The van der Waals surface area contributed by atoms with E-state index >= 15 is 0 Å². The molecule has 3 N–H and O–H groups in total. The summed E-state index contributed by atoms with van der Waals surface area (Å²) in [6.45, 7) is 8.24. The number of aliphatic carboxylic acids is 1. The van der Waals surface area contributed by atoms with Gasteiger partial charge in [0, 0.05) is 11.1 Å². The van der Waals surface area contributed by atoms with Gasteiger partial charge in [-0.1, -0.05) is 33.8 Å². The van der Waals surface area contributed by atoms with Gasteiger partial charge in [-0.2, -0.15) is 0 Å². The van der Waals surface area contributed by atoms with Crippen LogP contribution in [-0.4, -0.2) is 18.2 Å². The summed E-state index contributed by atoms with van der Waals surface area (Å²) in [6.07, 6.45) is 0.826. The van der Waals surface area contributed by atoms with Gasteiger partial charge in [0.1, 0.15) is 11.8 Å². The minimum Gasteiger partial charge on any atom is -0.496 e. The first-order valence-corrected chi connectivity index (χ1v) is 6.42. The number of carbonyl (C=O) groups is 1. The van der Waals surface area contributed by atoms with Crippen molar-refractivity contribution in [2.24, 2.45) is 5.73 Å². The normalized spacial score (nSPS) is 13.2. The van der Waals surface area contributed by atoms with E-state index in [2.05, 4.69) is 26.8 Å². The van der Waals surface area contributed by atoms with Gasteiger partial charge in [-0.25, -0.2) is 0 Å². The number of rotatable bonds is 4. The van der Waals surface area contributed by atoms with Crippen LogP contribution >= 0.6 is 0 Å². The van der Waals surface area contributed by atoms with Crippen LogP contribution in [0.3, 0.4) is 0 Å². The minimum atomic E-state index is -1.07. The molecule has 4 nitrogen and oxygen atoms in total. The predicted molar refractivity (Wildman–Crippen MR) is 75.6 cm³/mol. The quantitative estimate of drug-likeness (QED) is 0.877. The van der Waals surface area contributed by atoms with Crippen LogP contribution in [0, 0.1) is 0 Å². The van der Waals surface area contributed by atoms with E-state index in [1.54, 1.807) is 7.11 Å². The molecular weight excluding hydrogens is 242 g/mol. The van der Waals surface area contributed by atoms with Crippen molar-refractivity contribution < 1.29 is 14.6 Å². The largest absolute Gasteiger partial charge is 0.496 e. The Morgan fingerprint density at radius 3 is 2.37 bits per heavy atom. The van der Waals surface area contributed by atoms with Crippen molar-refractivity contribution in [1.82, 2.24) is 0 Å². The Labute approximate surface area is 114 Å². The highest BCUT2D eigenvalue weighted by molar-refractivity contribution is 5.77. The van der Waals surface area contributed by atoms with E-state index in [-0.39, 0.29) is 5.41 Å². The molecule has 0 radical (unpaired) electrons. The van der Waals surface area contributed by atoms with E-state index in [0.29, 0.717) is 11.3 Å². The van der Waals surface area contributed by atoms with Crippen LogP contribution in [0.25, 0.3) is 0 Å². The third-order valence-corrected chi connectivity index (χ3v) is 3.20. The molecule has 19 heavy (non-hydrogen) atoms. The molecule has 4 heteroatoms. The lowest BCUT2D eigenvalue weighted by molar-refractivity contribution is -0.138. The number of carboxylic acids is 1. The van der Waals surface area contributed by atoms with Crippen molar-refractivity contribution in [2.75, 3.05) is 7.11 Å². The van der Waals surface area contributed by atoms with E-state index in [4.69, 9.17) is 15.6 Å². The van der Waals surface area contributed by atoms with Gasteiger partial charge in [0.05, 0.1) is 7.11 Å². The zero-order chi connectivity index (χ0) is 14.8. The molecule has 1 atom stereocenters. The number of ether oxygens (including phenoxy) is 1. The Morgan fingerprint density at radius 2 is 2.00 bits per heavy atom. The number of methoxy groups -OCH3 is 1. The Hall–Kier alpha value is -1.55. The third kappa shape index (κ3) is 3.26. The summed E-state index contributed by atoms with van der Waals surface area (Å²) in [7, 11) is 1.55. The van der Waals surface area contributed by atoms with Crippen molar-refractivity contribution >= 4 is 5.97 Å². The maximum Gasteiger partial charge on any atom is 0.325 e. The van der Waals surface area contributed by atoms with Crippen LogP contribution in [0.2, 0.25) is 0 Å². The van der Waals surface area contributed by atoms with E-state index in [9.17, 15) is 4.79 Å². The Kier molecular flexibility index (Phi) is 4.58. The number of hydrogen-bond donors (Lipinski definition) is 2. The molecule has 0 saturated heterocycles. The second-order valence-electron chi connectivity index (χ2n) is 5.69. The maximum atomic E-state index is 11.1. The van der Waals surface area contributed by atoms with Crippen molar-refractivity contribution in [1.29, 1.82) is 0 Å². The Morgan fingerprint density at radius 1 is 1.42 bits per heavy atom.